The first-order chi connectivity index (χ1) is 16.5. The van der Waals surface area contributed by atoms with Gasteiger partial charge >= 0.3 is 0 Å². The van der Waals surface area contributed by atoms with Crippen LogP contribution >= 0.6 is 0 Å². The maximum absolute atomic E-state index is 13.1. The molecule has 1 unspecified atom stereocenters. The quantitative estimate of drug-likeness (QED) is 0.496. The second-order valence-corrected chi connectivity index (χ2v) is 11.0. The Bertz CT molecular complexity index is 1010. The van der Waals surface area contributed by atoms with E-state index in [1.165, 1.54) is 19.3 Å². The molecule has 0 saturated carbocycles. The van der Waals surface area contributed by atoms with Crippen LogP contribution in [-0.4, -0.2) is 68.3 Å². The van der Waals surface area contributed by atoms with Gasteiger partial charge in [0.2, 0.25) is 10.0 Å². The zero-order valence-corrected chi connectivity index (χ0v) is 21.2. The van der Waals surface area contributed by atoms with Gasteiger partial charge in [-0.25, -0.2) is 8.42 Å². The smallest absolute Gasteiger partial charge is 0.243 e. The number of piperazine rings is 1. The highest BCUT2D eigenvalue weighted by Gasteiger charge is 2.29. The van der Waals surface area contributed by atoms with Crippen LogP contribution in [0, 0.1) is 0 Å². The molecule has 1 atom stereocenters. The predicted octanol–water partition coefficient (Wildman–Crippen LogP) is 3.94. The molecule has 0 radical (unpaired) electrons. The van der Waals surface area contributed by atoms with Crippen molar-refractivity contribution < 1.29 is 13.2 Å². The van der Waals surface area contributed by atoms with Gasteiger partial charge in [0.1, 0.15) is 5.75 Å². The van der Waals surface area contributed by atoms with Gasteiger partial charge in [0, 0.05) is 38.8 Å². The Labute approximate surface area is 204 Å². The summed E-state index contributed by atoms with van der Waals surface area (Å²) in [6.07, 6.45) is 6.86. The Morgan fingerprint density at radius 1 is 0.912 bits per heavy atom. The third kappa shape index (κ3) is 5.63. The van der Waals surface area contributed by atoms with E-state index in [0.717, 1.165) is 37.4 Å². The average molecular weight is 488 g/mol. The Balaban J connectivity index is 1.34. The number of anilines is 2. The molecule has 0 bridgehead atoms. The van der Waals surface area contributed by atoms with E-state index in [1.54, 1.807) is 28.6 Å². The summed E-state index contributed by atoms with van der Waals surface area (Å²) in [5, 5.41) is 9.00. The van der Waals surface area contributed by atoms with E-state index >= 15 is 0 Å². The first-order valence-electron chi connectivity index (χ1n) is 12.6. The van der Waals surface area contributed by atoms with E-state index in [9.17, 15) is 8.42 Å². The molecule has 0 spiro atoms. The highest BCUT2D eigenvalue weighted by molar-refractivity contribution is 7.89. The Hall–Kier alpha value is -2.39. The van der Waals surface area contributed by atoms with Crippen LogP contribution in [0.15, 0.2) is 41.3 Å². The van der Waals surface area contributed by atoms with Crippen LogP contribution in [0.5, 0.6) is 5.75 Å². The zero-order chi connectivity index (χ0) is 24.0. The highest BCUT2D eigenvalue weighted by Crippen LogP contribution is 2.26. The molecule has 8 nitrogen and oxygen atoms in total. The highest BCUT2D eigenvalue weighted by atomic mass is 32.2. The third-order valence-electron chi connectivity index (χ3n) is 6.82. The van der Waals surface area contributed by atoms with E-state index in [-0.39, 0.29) is 0 Å². The second-order valence-electron chi connectivity index (χ2n) is 9.07. The normalized spacial score (nSPS) is 19.9. The summed E-state index contributed by atoms with van der Waals surface area (Å²) in [5.41, 5.74) is 0. The Morgan fingerprint density at radius 2 is 1.62 bits per heavy atom. The number of aromatic nitrogens is 2. The number of hydrogen-bond donors (Lipinski definition) is 0. The third-order valence-corrected chi connectivity index (χ3v) is 8.73. The van der Waals surface area contributed by atoms with E-state index < -0.39 is 10.0 Å². The fourth-order valence-electron chi connectivity index (χ4n) is 4.72. The number of piperidine rings is 1. The van der Waals surface area contributed by atoms with Crippen LogP contribution in [-0.2, 0) is 10.0 Å². The van der Waals surface area contributed by atoms with Crippen LogP contribution in [0.3, 0.4) is 0 Å². The number of unbranched alkanes of at least 4 members (excludes halogenated alkanes) is 1. The van der Waals surface area contributed by atoms with Gasteiger partial charge in [-0.15, -0.1) is 10.2 Å². The van der Waals surface area contributed by atoms with Crippen LogP contribution < -0.4 is 14.5 Å². The summed E-state index contributed by atoms with van der Waals surface area (Å²) < 4.78 is 33.4. The molecule has 4 rings (SSSR count). The van der Waals surface area contributed by atoms with Gasteiger partial charge in [-0.05, 0) is 68.5 Å². The zero-order valence-electron chi connectivity index (χ0n) is 20.4. The lowest BCUT2D eigenvalue weighted by Gasteiger charge is -2.36. The molecule has 0 aliphatic carbocycles. The van der Waals surface area contributed by atoms with E-state index in [1.807, 2.05) is 6.07 Å². The lowest BCUT2D eigenvalue weighted by molar-refractivity contribution is 0.309. The molecule has 0 amide bonds. The molecule has 2 aliphatic rings. The summed E-state index contributed by atoms with van der Waals surface area (Å²) in [5.74, 6) is 2.45. The van der Waals surface area contributed by atoms with E-state index in [0.29, 0.717) is 49.5 Å². The first-order valence-corrected chi connectivity index (χ1v) is 14.0. The maximum atomic E-state index is 13.1. The standard InChI is InChI=1S/C25H37N5O3S/c1-3-5-20-33-22-9-11-23(12-10-22)34(31,32)29-18-16-28(17-19-29)24-13-14-25(27-26-24)30-15-7-6-8-21(30)4-2/h9-14,21H,3-8,15-20H2,1-2H3. The molecule has 34 heavy (non-hydrogen) atoms. The largest absolute Gasteiger partial charge is 0.494 e. The molecular weight excluding hydrogens is 450 g/mol. The molecule has 2 aromatic rings. The number of hydrogen-bond acceptors (Lipinski definition) is 7. The van der Waals surface area contributed by atoms with Crippen molar-refractivity contribution in [1.82, 2.24) is 14.5 Å². The topological polar surface area (TPSA) is 78.9 Å². The molecular formula is C25H37N5O3S. The molecule has 0 N–H and O–H groups in total. The summed E-state index contributed by atoms with van der Waals surface area (Å²) in [4.78, 5) is 4.80. The fourth-order valence-corrected chi connectivity index (χ4v) is 6.14. The lowest BCUT2D eigenvalue weighted by Crippen LogP contribution is -2.49. The van der Waals surface area contributed by atoms with Gasteiger partial charge in [0.25, 0.3) is 0 Å². The van der Waals surface area contributed by atoms with Gasteiger partial charge in [-0.2, -0.15) is 4.31 Å². The number of sulfonamides is 1. The fraction of sp³-hybridized carbons (Fsp3) is 0.600. The summed E-state index contributed by atoms with van der Waals surface area (Å²) in [6.45, 7) is 8.04. The SMILES string of the molecule is CCCCOc1ccc(S(=O)(=O)N2CCN(c3ccc(N4CCCCC4CC)nn3)CC2)cc1. The number of ether oxygens (including phenoxy) is 1. The lowest BCUT2D eigenvalue weighted by atomic mass is 10.0. The van der Waals surface area contributed by atoms with Crippen molar-refractivity contribution in [3.8, 4) is 5.75 Å². The minimum atomic E-state index is -3.53. The first kappa shape index (κ1) is 24.7. The molecule has 3 heterocycles. The Morgan fingerprint density at radius 3 is 2.26 bits per heavy atom. The van der Waals surface area contributed by atoms with Crippen molar-refractivity contribution in [1.29, 1.82) is 0 Å². The predicted molar refractivity (Wildman–Crippen MR) is 135 cm³/mol. The van der Waals surface area contributed by atoms with Crippen molar-refractivity contribution >= 4 is 21.7 Å². The maximum Gasteiger partial charge on any atom is 0.243 e. The van der Waals surface area contributed by atoms with E-state index in [4.69, 9.17) is 4.74 Å². The molecule has 1 aromatic heterocycles. The molecule has 186 valence electrons. The molecule has 2 fully saturated rings. The Kier molecular flexibility index (Phi) is 8.26. The molecule has 2 saturated heterocycles. The van der Waals surface area contributed by atoms with Crippen LogP contribution in [0.1, 0.15) is 52.4 Å². The average Bonchev–Trinajstić information content (AvgIpc) is 2.89. The van der Waals surface area contributed by atoms with Crippen LogP contribution in [0.4, 0.5) is 11.6 Å². The molecule has 1 aromatic carbocycles. The number of nitrogens with zero attached hydrogens (tertiary/aromatic N) is 5. The summed E-state index contributed by atoms with van der Waals surface area (Å²) in [6, 6.07) is 11.4. The van der Waals surface area contributed by atoms with Gasteiger partial charge in [-0.1, -0.05) is 20.3 Å². The number of rotatable bonds is 9. The van der Waals surface area contributed by atoms with Gasteiger partial charge in [-0.3, -0.25) is 0 Å². The summed E-state index contributed by atoms with van der Waals surface area (Å²) >= 11 is 0. The van der Waals surface area contributed by atoms with E-state index in [2.05, 4.69) is 39.9 Å². The molecule has 2 aliphatic heterocycles. The summed E-state index contributed by atoms with van der Waals surface area (Å²) in [7, 11) is -3.53. The van der Waals surface area contributed by atoms with Gasteiger partial charge in [0.05, 0.1) is 11.5 Å². The number of benzene rings is 1. The van der Waals surface area contributed by atoms with Crippen molar-refractivity contribution in [2.24, 2.45) is 0 Å². The molecule has 9 heteroatoms. The van der Waals surface area contributed by atoms with Crippen LogP contribution in [0.2, 0.25) is 0 Å². The van der Waals surface area contributed by atoms with Crippen molar-refractivity contribution in [3.05, 3.63) is 36.4 Å². The van der Waals surface area contributed by atoms with Crippen LogP contribution in [0.25, 0.3) is 0 Å². The van der Waals surface area contributed by atoms with Crippen molar-refractivity contribution in [2.45, 2.75) is 63.3 Å². The van der Waals surface area contributed by atoms with Gasteiger partial charge in [0.15, 0.2) is 11.6 Å². The monoisotopic (exact) mass is 487 g/mol. The minimum Gasteiger partial charge on any atom is -0.494 e. The van der Waals surface area contributed by atoms with Crippen molar-refractivity contribution in [2.75, 3.05) is 49.1 Å². The minimum absolute atomic E-state index is 0.306. The second kappa shape index (κ2) is 11.4. The van der Waals surface area contributed by atoms with Crippen molar-refractivity contribution in [3.63, 3.8) is 0 Å². The van der Waals surface area contributed by atoms with Gasteiger partial charge < -0.3 is 14.5 Å².